The summed E-state index contributed by atoms with van der Waals surface area (Å²) in [7, 11) is 0. The minimum absolute atomic E-state index is 1.18. The number of hydrogen-bond donors (Lipinski definition) is 0. The maximum atomic E-state index is 3.83. The summed E-state index contributed by atoms with van der Waals surface area (Å²) in [5.74, 6) is 0. The van der Waals surface area contributed by atoms with Crippen LogP contribution in [0.1, 0.15) is 16.7 Å². The standard InChI is InChI=1S/C15H14/c1-4-12-7-6-8-14-9-11(3)13(5-2)10-15(12)14/h4-10H,1-2H2,3H3. The zero-order valence-corrected chi connectivity index (χ0v) is 8.96. The lowest BCUT2D eigenvalue weighted by atomic mass is 9.98. The van der Waals surface area contributed by atoms with Gasteiger partial charge in [-0.05, 0) is 40.5 Å². The molecule has 15 heavy (non-hydrogen) atoms. The van der Waals surface area contributed by atoms with Gasteiger partial charge < -0.3 is 0 Å². The molecule has 0 nitrogen and oxygen atoms in total. The molecular formula is C15H14. The first-order valence-corrected chi connectivity index (χ1v) is 5.04. The van der Waals surface area contributed by atoms with Crippen molar-refractivity contribution < 1.29 is 0 Å². The topological polar surface area (TPSA) is 0 Å². The highest BCUT2D eigenvalue weighted by Crippen LogP contribution is 2.24. The van der Waals surface area contributed by atoms with E-state index in [-0.39, 0.29) is 0 Å². The maximum Gasteiger partial charge on any atom is -0.0105 e. The lowest BCUT2D eigenvalue weighted by Gasteiger charge is -2.06. The molecular weight excluding hydrogens is 180 g/mol. The number of fused-ring (bicyclic) bond motifs is 1. The summed E-state index contributed by atoms with van der Waals surface area (Å²) in [6.45, 7) is 9.77. The van der Waals surface area contributed by atoms with Gasteiger partial charge in [0.15, 0.2) is 0 Å². The van der Waals surface area contributed by atoms with Gasteiger partial charge in [-0.2, -0.15) is 0 Å². The monoisotopic (exact) mass is 194 g/mol. The van der Waals surface area contributed by atoms with Crippen molar-refractivity contribution in [1.29, 1.82) is 0 Å². The van der Waals surface area contributed by atoms with Crippen LogP contribution >= 0.6 is 0 Å². The molecule has 0 fully saturated rings. The molecule has 2 aromatic carbocycles. The molecule has 0 spiro atoms. The largest absolute Gasteiger partial charge is 0.0985 e. The molecule has 0 heteroatoms. The van der Waals surface area contributed by atoms with Gasteiger partial charge in [0, 0.05) is 0 Å². The van der Waals surface area contributed by atoms with Crippen molar-refractivity contribution in [3.8, 4) is 0 Å². The van der Waals surface area contributed by atoms with Gasteiger partial charge in [-0.3, -0.25) is 0 Å². The summed E-state index contributed by atoms with van der Waals surface area (Å²) >= 11 is 0. The Balaban J connectivity index is 2.87. The third-order valence-corrected chi connectivity index (χ3v) is 2.74. The Hall–Kier alpha value is -1.82. The van der Waals surface area contributed by atoms with E-state index in [1.165, 1.54) is 27.5 Å². The first-order chi connectivity index (χ1) is 7.26. The van der Waals surface area contributed by atoms with E-state index in [1.54, 1.807) is 0 Å². The van der Waals surface area contributed by atoms with Crippen molar-refractivity contribution in [2.45, 2.75) is 6.92 Å². The van der Waals surface area contributed by atoms with Gasteiger partial charge >= 0.3 is 0 Å². The van der Waals surface area contributed by atoms with E-state index in [0.717, 1.165) is 0 Å². The Morgan fingerprint density at radius 2 is 1.73 bits per heavy atom. The van der Waals surface area contributed by atoms with Crippen LogP contribution in [0.15, 0.2) is 43.5 Å². The fourth-order valence-electron chi connectivity index (χ4n) is 1.88. The maximum absolute atomic E-state index is 3.83. The Morgan fingerprint density at radius 3 is 2.40 bits per heavy atom. The predicted molar refractivity (Wildman–Crippen MR) is 68.9 cm³/mol. The van der Waals surface area contributed by atoms with Gasteiger partial charge in [0.25, 0.3) is 0 Å². The molecule has 0 aromatic heterocycles. The number of aryl methyl sites for hydroxylation is 1. The summed E-state index contributed by atoms with van der Waals surface area (Å²) in [4.78, 5) is 0. The summed E-state index contributed by atoms with van der Waals surface area (Å²) in [6, 6.07) is 10.6. The highest BCUT2D eigenvalue weighted by Gasteiger charge is 2.01. The van der Waals surface area contributed by atoms with Crippen LogP contribution in [0, 0.1) is 6.92 Å². The highest BCUT2D eigenvalue weighted by molar-refractivity contribution is 5.92. The molecule has 0 N–H and O–H groups in total. The molecule has 74 valence electrons. The third kappa shape index (κ3) is 1.59. The quantitative estimate of drug-likeness (QED) is 0.663. The van der Waals surface area contributed by atoms with Crippen molar-refractivity contribution >= 4 is 22.9 Å². The van der Waals surface area contributed by atoms with Crippen molar-refractivity contribution in [1.82, 2.24) is 0 Å². The summed E-state index contributed by atoms with van der Waals surface area (Å²) in [6.07, 6.45) is 3.79. The second-order valence-electron chi connectivity index (χ2n) is 3.69. The molecule has 0 heterocycles. The van der Waals surface area contributed by atoms with Gasteiger partial charge in [0.2, 0.25) is 0 Å². The second-order valence-corrected chi connectivity index (χ2v) is 3.69. The summed E-state index contributed by atoms with van der Waals surface area (Å²) < 4.78 is 0. The van der Waals surface area contributed by atoms with Crippen LogP contribution < -0.4 is 0 Å². The lowest BCUT2D eigenvalue weighted by molar-refractivity contribution is 1.47. The molecule has 2 aromatic rings. The van der Waals surface area contributed by atoms with E-state index in [9.17, 15) is 0 Å². The first-order valence-electron chi connectivity index (χ1n) is 5.04. The summed E-state index contributed by atoms with van der Waals surface area (Å²) in [5, 5.41) is 2.50. The van der Waals surface area contributed by atoms with Crippen LogP contribution in [0.25, 0.3) is 22.9 Å². The molecule has 0 saturated heterocycles. The van der Waals surface area contributed by atoms with Crippen molar-refractivity contribution in [3.63, 3.8) is 0 Å². The lowest BCUT2D eigenvalue weighted by Crippen LogP contribution is -1.84. The Bertz CT molecular complexity index is 533. The normalized spacial score (nSPS) is 10.2. The van der Waals surface area contributed by atoms with Crippen LogP contribution in [0.2, 0.25) is 0 Å². The van der Waals surface area contributed by atoms with Crippen LogP contribution in [0.4, 0.5) is 0 Å². The van der Waals surface area contributed by atoms with Crippen LogP contribution in [0.5, 0.6) is 0 Å². The van der Waals surface area contributed by atoms with Crippen molar-refractivity contribution in [3.05, 3.63) is 60.2 Å². The van der Waals surface area contributed by atoms with Gasteiger partial charge in [-0.25, -0.2) is 0 Å². The van der Waals surface area contributed by atoms with E-state index in [4.69, 9.17) is 0 Å². The van der Waals surface area contributed by atoms with Crippen molar-refractivity contribution in [2.24, 2.45) is 0 Å². The molecule has 2 rings (SSSR count). The molecule has 0 aliphatic rings. The molecule has 0 saturated carbocycles. The molecule has 0 amide bonds. The smallest absolute Gasteiger partial charge is 0.0105 e. The first kappa shape index (κ1) is 9.72. The zero-order chi connectivity index (χ0) is 10.8. The van der Waals surface area contributed by atoms with Gasteiger partial charge in [0.05, 0.1) is 0 Å². The average molecular weight is 194 g/mol. The highest BCUT2D eigenvalue weighted by atomic mass is 14.1. The Labute approximate surface area is 90.6 Å². The van der Waals surface area contributed by atoms with Gasteiger partial charge in [-0.1, -0.05) is 49.6 Å². The summed E-state index contributed by atoms with van der Waals surface area (Å²) in [5.41, 5.74) is 3.63. The minimum Gasteiger partial charge on any atom is -0.0985 e. The van der Waals surface area contributed by atoms with E-state index < -0.39 is 0 Å². The van der Waals surface area contributed by atoms with Gasteiger partial charge in [0.1, 0.15) is 0 Å². The Kier molecular flexibility index (Phi) is 2.42. The molecule has 0 bridgehead atoms. The van der Waals surface area contributed by atoms with E-state index in [0.29, 0.717) is 0 Å². The van der Waals surface area contributed by atoms with Crippen LogP contribution in [-0.4, -0.2) is 0 Å². The predicted octanol–water partition coefficient (Wildman–Crippen LogP) is 4.43. The molecule has 0 radical (unpaired) electrons. The van der Waals surface area contributed by atoms with Gasteiger partial charge in [-0.15, -0.1) is 0 Å². The van der Waals surface area contributed by atoms with E-state index >= 15 is 0 Å². The molecule has 0 aliphatic heterocycles. The third-order valence-electron chi connectivity index (χ3n) is 2.74. The van der Waals surface area contributed by atoms with E-state index in [1.807, 2.05) is 12.2 Å². The fraction of sp³-hybridized carbons (Fsp3) is 0.0667. The van der Waals surface area contributed by atoms with Crippen LogP contribution in [0.3, 0.4) is 0 Å². The minimum atomic E-state index is 1.18. The molecule has 0 unspecified atom stereocenters. The van der Waals surface area contributed by atoms with Crippen molar-refractivity contribution in [2.75, 3.05) is 0 Å². The van der Waals surface area contributed by atoms with E-state index in [2.05, 4.69) is 50.4 Å². The Morgan fingerprint density at radius 1 is 1.00 bits per heavy atom. The molecule has 0 aliphatic carbocycles. The number of rotatable bonds is 2. The zero-order valence-electron chi connectivity index (χ0n) is 8.96. The number of hydrogen-bond acceptors (Lipinski definition) is 0. The number of benzene rings is 2. The molecule has 0 atom stereocenters. The van der Waals surface area contributed by atoms with Crippen LogP contribution in [-0.2, 0) is 0 Å². The SMILES string of the molecule is C=Cc1cc2c(C=C)cccc2cc1C. The fourth-order valence-corrected chi connectivity index (χ4v) is 1.88. The average Bonchev–Trinajstić information content (AvgIpc) is 2.27. The second kappa shape index (κ2) is 3.74.